The maximum atomic E-state index is 8.23. The molecule has 0 aromatic rings. The Hall–Kier alpha value is 0.170. The number of hydrogen-bond donors (Lipinski definition) is 3. The highest BCUT2D eigenvalue weighted by Crippen LogP contribution is 1.79. The molecule has 0 spiro atoms. The summed E-state index contributed by atoms with van der Waals surface area (Å²) >= 11 is 0. The lowest BCUT2D eigenvalue weighted by Gasteiger charge is -2.02. The van der Waals surface area contributed by atoms with Crippen molar-refractivity contribution in [3.8, 4) is 0 Å². The van der Waals surface area contributed by atoms with Gasteiger partial charge in [-0.25, -0.2) is 0 Å². The molecule has 1 atom stereocenters. The zero-order chi connectivity index (χ0) is 5.70. The quantitative estimate of drug-likeness (QED) is 0.475. The number of nitrogens with two attached hydrogens (primary N) is 2. The first-order valence-electron chi connectivity index (χ1n) is 2.37. The molecular weight excluding hydrogens is 128 g/mol. The summed E-state index contributed by atoms with van der Waals surface area (Å²) in [6, 6.07) is -0.0231. The van der Waals surface area contributed by atoms with Gasteiger partial charge in [-0.2, -0.15) is 0 Å². The zero-order valence-electron chi connectivity index (χ0n) is 4.71. The first-order valence-corrected chi connectivity index (χ1v) is 2.37. The van der Waals surface area contributed by atoms with Crippen LogP contribution in [0.3, 0.4) is 0 Å². The molecule has 0 bridgehead atoms. The SMILES string of the molecule is Cl.NCC(N)CCO. The predicted molar refractivity (Wildman–Crippen MR) is 36.0 cm³/mol. The van der Waals surface area contributed by atoms with E-state index in [0.29, 0.717) is 13.0 Å². The van der Waals surface area contributed by atoms with Crippen LogP contribution in [0.4, 0.5) is 0 Å². The highest BCUT2D eigenvalue weighted by atomic mass is 35.5. The van der Waals surface area contributed by atoms with Crippen molar-refractivity contribution in [1.29, 1.82) is 0 Å². The molecule has 8 heavy (non-hydrogen) atoms. The molecule has 4 heteroatoms. The molecule has 3 nitrogen and oxygen atoms in total. The minimum atomic E-state index is -0.0231. The Morgan fingerprint density at radius 2 is 2.00 bits per heavy atom. The molecule has 0 amide bonds. The lowest BCUT2D eigenvalue weighted by atomic mass is 10.2. The number of rotatable bonds is 3. The highest BCUT2D eigenvalue weighted by Gasteiger charge is 1.93. The Morgan fingerprint density at radius 1 is 1.50 bits per heavy atom. The molecule has 0 aliphatic rings. The minimum Gasteiger partial charge on any atom is -0.396 e. The van der Waals surface area contributed by atoms with Crippen LogP contribution in [0.15, 0.2) is 0 Å². The summed E-state index contributed by atoms with van der Waals surface area (Å²) in [5.41, 5.74) is 10.4. The largest absolute Gasteiger partial charge is 0.396 e. The maximum Gasteiger partial charge on any atom is 0.0446 e. The average Bonchev–Trinajstić information content (AvgIpc) is 1.68. The Kier molecular flexibility index (Phi) is 9.89. The second kappa shape index (κ2) is 7.17. The van der Waals surface area contributed by atoms with E-state index in [1.807, 2.05) is 0 Å². The summed E-state index contributed by atoms with van der Waals surface area (Å²) in [5.74, 6) is 0. The van der Waals surface area contributed by atoms with Crippen LogP contribution in [0.1, 0.15) is 6.42 Å². The molecule has 0 saturated carbocycles. The smallest absolute Gasteiger partial charge is 0.0446 e. The first-order chi connectivity index (χ1) is 3.31. The van der Waals surface area contributed by atoms with Gasteiger partial charge in [-0.15, -0.1) is 12.4 Å². The van der Waals surface area contributed by atoms with Gasteiger partial charge in [0.15, 0.2) is 0 Å². The third-order valence-electron chi connectivity index (χ3n) is 0.803. The fraction of sp³-hybridized carbons (Fsp3) is 1.00. The molecular formula is C4H13ClN2O. The van der Waals surface area contributed by atoms with Crippen molar-refractivity contribution >= 4 is 12.4 Å². The van der Waals surface area contributed by atoms with Gasteiger partial charge < -0.3 is 16.6 Å². The Labute approximate surface area is 55.5 Å². The monoisotopic (exact) mass is 140 g/mol. The summed E-state index contributed by atoms with van der Waals surface area (Å²) < 4.78 is 0. The standard InChI is InChI=1S/C4H12N2O.ClH/c5-3-4(6)1-2-7;/h4,7H,1-3,5-6H2;1H. The van der Waals surface area contributed by atoms with Gasteiger partial charge in [0.25, 0.3) is 0 Å². The van der Waals surface area contributed by atoms with Crippen molar-refractivity contribution in [2.45, 2.75) is 12.5 Å². The fourth-order valence-electron chi connectivity index (χ4n) is 0.284. The van der Waals surface area contributed by atoms with Crippen LogP contribution >= 0.6 is 12.4 Å². The van der Waals surface area contributed by atoms with Crippen LogP contribution in [0.5, 0.6) is 0 Å². The molecule has 0 fully saturated rings. The van der Waals surface area contributed by atoms with Gasteiger partial charge in [-0.3, -0.25) is 0 Å². The van der Waals surface area contributed by atoms with Crippen molar-refractivity contribution < 1.29 is 5.11 Å². The summed E-state index contributed by atoms with van der Waals surface area (Å²) in [5, 5.41) is 8.23. The molecule has 0 aliphatic carbocycles. The summed E-state index contributed by atoms with van der Waals surface area (Å²) in [4.78, 5) is 0. The topological polar surface area (TPSA) is 72.3 Å². The molecule has 0 heterocycles. The first kappa shape index (κ1) is 11.0. The maximum absolute atomic E-state index is 8.23. The molecule has 1 unspecified atom stereocenters. The van der Waals surface area contributed by atoms with E-state index in [9.17, 15) is 0 Å². The van der Waals surface area contributed by atoms with Crippen LogP contribution in [0.2, 0.25) is 0 Å². The third kappa shape index (κ3) is 6.17. The molecule has 0 aromatic carbocycles. The van der Waals surface area contributed by atoms with E-state index in [2.05, 4.69) is 0 Å². The van der Waals surface area contributed by atoms with Crippen molar-refractivity contribution in [3.63, 3.8) is 0 Å². The van der Waals surface area contributed by atoms with E-state index in [1.54, 1.807) is 0 Å². The molecule has 0 rings (SSSR count). The second-order valence-corrected chi connectivity index (χ2v) is 1.51. The van der Waals surface area contributed by atoms with Gasteiger partial charge >= 0.3 is 0 Å². The van der Waals surface area contributed by atoms with E-state index in [1.165, 1.54) is 0 Å². The van der Waals surface area contributed by atoms with Crippen LogP contribution in [-0.4, -0.2) is 24.3 Å². The third-order valence-corrected chi connectivity index (χ3v) is 0.803. The van der Waals surface area contributed by atoms with Gasteiger partial charge in [0, 0.05) is 19.2 Å². The molecule has 52 valence electrons. The van der Waals surface area contributed by atoms with Crippen LogP contribution in [-0.2, 0) is 0 Å². The number of hydrogen-bond acceptors (Lipinski definition) is 3. The van der Waals surface area contributed by atoms with Crippen molar-refractivity contribution in [1.82, 2.24) is 0 Å². The van der Waals surface area contributed by atoms with E-state index in [-0.39, 0.29) is 25.1 Å². The lowest BCUT2D eigenvalue weighted by Crippen LogP contribution is -2.30. The summed E-state index contributed by atoms with van der Waals surface area (Å²) in [6.07, 6.45) is 0.608. The number of aliphatic hydroxyl groups is 1. The number of aliphatic hydroxyl groups excluding tert-OH is 1. The molecule has 0 aliphatic heterocycles. The molecule has 0 aromatic heterocycles. The van der Waals surface area contributed by atoms with Crippen molar-refractivity contribution in [2.75, 3.05) is 13.2 Å². The number of halogens is 1. The Bertz CT molecular complexity index is 45.0. The average molecular weight is 141 g/mol. The zero-order valence-corrected chi connectivity index (χ0v) is 5.53. The van der Waals surface area contributed by atoms with E-state index < -0.39 is 0 Å². The highest BCUT2D eigenvalue weighted by molar-refractivity contribution is 5.85. The molecule has 0 saturated heterocycles. The second-order valence-electron chi connectivity index (χ2n) is 1.51. The van der Waals surface area contributed by atoms with E-state index in [4.69, 9.17) is 16.6 Å². The van der Waals surface area contributed by atoms with Gasteiger partial charge in [0.05, 0.1) is 0 Å². The summed E-state index contributed by atoms with van der Waals surface area (Å²) in [7, 11) is 0. The van der Waals surface area contributed by atoms with Crippen molar-refractivity contribution in [2.24, 2.45) is 11.5 Å². The summed E-state index contributed by atoms with van der Waals surface area (Å²) in [6.45, 7) is 0.596. The molecule has 5 N–H and O–H groups in total. The van der Waals surface area contributed by atoms with E-state index >= 15 is 0 Å². The van der Waals surface area contributed by atoms with Gasteiger partial charge in [-0.05, 0) is 6.42 Å². The normalized spacial score (nSPS) is 12.4. The van der Waals surface area contributed by atoms with Crippen LogP contribution < -0.4 is 11.5 Å². The van der Waals surface area contributed by atoms with Gasteiger partial charge in [0.1, 0.15) is 0 Å². The van der Waals surface area contributed by atoms with E-state index in [0.717, 1.165) is 0 Å². The Morgan fingerprint density at radius 3 is 2.12 bits per heavy atom. The molecule has 0 radical (unpaired) electrons. The van der Waals surface area contributed by atoms with Gasteiger partial charge in [-0.1, -0.05) is 0 Å². The fourth-order valence-corrected chi connectivity index (χ4v) is 0.284. The van der Waals surface area contributed by atoms with Gasteiger partial charge in [0.2, 0.25) is 0 Å². The predicted octanol–water partition coefficient (Wildman–Crippen LogP) is -0.923. The lowest BCUT2D eigenvalue weighted by molar-refractivity contribution is 0.277. The Balaban J connectivity index is 0. The van der Waals surface area contributed by atoms with Crippen molar-refractivity contribution in [3.05, 3.63) is 0 Å². The van der Waals surface area contributed by atoms with Crippen LogP contribution in [0.25, 0.3) is 0 Å². The minimum absolute atomic E-state index is 0. The van der Waals surface area contributed by atoms with Crippen LogP contribution in [0, 0.1) is 0 Å².